The van der Waals surface area contributed by atoms with Crippen molar-refractivity contribution in [3.05, 3.63) is 29.8 Å². The molecular weight excluding hydrogens is 305 g/mol. The molecule has 16 heavy (non-hydrogen) atoms. The summed E-state index contributed by atoms with van der Waals surface area (Å²) in [7, 11) is 0. The quantitative estimate of drug-likeness (QED) is 0.842. The van der Waals surface area contributed by atoms with Crippen LogP contribution >= 0.6 is 0 Å². The first-order valence-corrected chi connectivity index (χ1v) is 11.3. The molecule has 2 nitrogen and oxygen atoms in total. The number of hydrogen-bond donors (Lipinski definition) is 1. The molecule has 0 amide bonds. The minimum atomic E-state index is -1.88. The van der Waals surface area contributed by atoms with Crippen LogP contribution in [0.2, 0.25) is 4.94 Å². The van der Waals surface area contributed by atoms with Gasteiger partial charge in [0.15, 0.2) is 0 Å². The van der Waals surface area contributed by atoms with Crippen LogP contribution in [0.25, 0.3) is 0 Å². The molecule has 1 aromatic carbocycles. The van der Waals surface area contributed by atoms with E-state index in [0.717, 1.165) is 6.61 Å². The van der Waals surface area contributed by atoms with Gasteiger partial charge in [-0.25, -0.2) is 0 Å². The van der Waals surface area contributed by atoms with Gasteiger partial charge in [0.05, 0.1) is 0 Å². The molecule has 1 atom stereocenters. The Morgan fingerprint density at radius 3 is 2.44 bits per heavy atom. The summed E-state index contributed by atoms with van der Waals surface area (Å²) in [5.74, 6) is 0.609. The average Bonchev–Trinajstić information content (AvgIpc) is 2.25. The molecule has 0 spiro atoms. The summed E-state index contributed by atoms with van der Waals surface area (Å²) in [6.07, 6.45) is 0. The molecule has 0 saturated heterocycles. The Morgan fingerprint density at radius 1 is 1.25 bits per heavy atom. The summed E-state index contributed by atoms with van der Waals surface area (Å²) in [5, 5.41) is 0. The van der Waals surface area contributed by atoms with Crippen molar-refractivity contribution in [1.82, 2.24) is 0 Å². The van der Waals surface area contributed by atoms with E-state index in [1.54, 1.807) is 0 Å². The standard InChI is InChI=1S/C8H10N.C4H9O.CH3.Sn/c1-7(9)8-5-3-2-4-6-8;1-4(2)3-5;;/h2-5,7H,9H2,1H3;4H,3H2,1-2H3;1H3;/q;-1;;+1. The molecule has 1 radical (unpaired) electrons. The van der Waals surface area contributed by atoms with E-state index in [1.165, 1.54) is 9.14 Å². The third-order valence-corrected chi connectivity index (χ3v) is 7.64. The van der Waals surface area contributed by atoms with E-state index in [0.29, 0.717) is 5.92 Å². The number of hydrogen-bond acceptors (Lipinski definition) is 2. The summed E-state index contributed by atoms with van der Waals surface area (Å²) >= 11 is -1.88. The molecule has 3 heteroatoms. The number of benzene rings is 1. The Hall–Kier alpha value is -0.0613. The SMILES string of the molecule is CC(C)C[O][Sn]([CH3])[c]1ccccc1C(C)N. The maximum atomic E-state index is 6.02. The van der Waals surface area contributed by atoms with E-state index in [-0.39, 0.29) is 6.04 Å². The Morgan fingerprint density at radius 2 is 1.88 bits per heavy atom. The van der Waals surface area contributed by atoms with Crippen LogP contribution in [0.3, 0.4) is 0 Å². The van der Waals surface area contributed by atoms with Gasteiger partial charge >= 0.3 is 107 Å². The molecule has 0 saturated carbocycles. The fraction of sp³-hybridized carbons (Fsp3) is 0.538. The first kappa shape index (κ1) is 14.0. The van der Waals surface area contributed by atoms with Crippen molar-refractivity contribution in [3.63, 3.8) is 0 Å². The van der Waals surface area contributed by atoms with E-state index < -0.39 is 20.2 Å². The monoisotopic (exact) mass is 328 g/mol. The zero-order chi connectivity index (χ0) is 12.1. The van der Waals surface area contributed by atoms with Crippen molar-refractivity contribution >= 4 is 23.8 Å². The summed E-state index contributed by atoms with van der Waals surface area (Å²) in [5.41, 5.74) is 7.25. The molecule has 0 bridgehead atoms. The van der Waals surface area contributed by atoms with Crippen LogP contribution in [0.5, 0.6) is 0 Å². The molecule has 0 aliphatic carbocycles. The summed E-state index contributed by atoms with van der Waals surface area (Å²) in [4.78, 5) is 2.28. The average molecular weight is 327 g/mol. The Labute approximate surface area is 106 Å². The molecule has 0 heterocycles. The van der Waals surface area contributed by atoms with Crippen molar-refractivity contribution in [2.24, 2.45) is 11.7 Å². The van der Waals surface area contributed by atoms with Crippen LogP contribution in [0.1, 0.15) is 32.4 Å². The Balaban J connectivity index is 2.77. The van der Waals surface area contributed by atoms with Gasteiger partial charge in [-0.1, -0.05) is 0 Å². The predicted molar refractivity (Wildman–Crippen MR) is 71.1 cm³/mol. The summed E-state index contributed by atoms with van der Waals surface area (Å²) in [6.45, 7) is 7.29. The van der Waals surface area contributed by atoms with Crippen LogP contribution in [0, 0.1) is 5.92 Å². The second kappa shape index (κ2) is 6.62. The van der Waals surface area contributed by atoms with Crippen molar-refractivity contribution in [3.8, 4) is 0 Å². The van der Waals surface area contributed by atoms with Crippen LogP contribution in [0.15, 0.2) is 24.3 Å². The van der Waals surface area contributed by atoms with Crippen LogP contribution < -0.4 is 9.31 Å². The van der Waals surface area contributed by atoms with Crippen LogP contribution in [0.4, 0.5) is 0 Å². The van der Waals surface area contributed by atoms with E-state index in [9.17, 15) is 0 Å². The predicted octanol–water partition coefficient (Wildman–Crippen LogP) is 2.21. The van der Waals surface area contributed by atoms with Crippen LogP contribution in [-0.2, 0) is 3.07 Å². The minimum absolute atomic E-state index is 0.106. The molecule has 1 unspecified atom stereocenters. The molecule has 0 aromatic heterocycles. The first-order valence-electron chi connectivity index (χ1n) is 5.83. The van der Waals surface area contributed by atoms with Crippen molar-refractivity contribution in [1.29, 1.82) is 0 Å². The van der Waals surface area contributed by atoms with Gasteiger partial charge in [-0.2, -0.15) is 0 Å². The van der Waals surface area contributed by atoms with Gasteiger partial charge in [-0.3, -0.25) is 0 Å². The van der Waals surface area contributed by atoms with Crippen molar-refractivity contribution < 1.29 is 3.07 Å². The maximum absolute atomic E-state index is 6.02. The zero-order valence-electron chi connectivity index (χ0n) is 10.7. The van der Waals surface area contributed by atoms with Crippen molar-refractivity contribution in [2.75, 3.05) is 6.61 Å². The van der Waals surface area contributed by atoms with E-state index in [4.69, 9.17) is 8.81 Å². The fourth-order valence-electron chi connectivity index (χ4n) is 1.58. The fourth-order valence-corrected chi connectivity index (χ4v) is 6.69. The van der Waals surface area contributed by atoms with E-state index in [2.05, 4.69) is 43.1 Å². The van der Waals surface area contributed by atoms with E-state index in [1.807, 2.05) is 6.92 Å². The van der Waals surface area contributed by atoms with E-state index >= 15 is 0 Å². The Bertz CT molecular complexity index is 325. The molecular formula is C13H22NOSn. The molecule has 1 aromatic rings. The molecule has 0 aliphatic heterocycles. The zero-order valence-corrected chi connectivity index (χ0v) is 13.5. The van der Waals surface area contributed by atoms with Crippen LogP contribution in [-0.4, -0.2) is 26.8 Å². The van der Waals surface area contributed by atoms with Gasteiger partial charge in [-0.05, 0) is 0 Å². The van der Waals surface area contributed by atoms with Gasteiger partial charge in [0, 0.05) is 0 Å². The molecule has 89 valence electrons. The second-order valence-corrected chi connectivity index (χ2v) is 10.2. The second-order valence-electron chi connectivity index (χ2n) is 4.64. The topological polar surface area (TPSA) is 35.2 Å². The number of nitrogens with two attached hydrogens (primary N) is 1. The number of rotatable bonds is 5. The summed E-state index contributed by atoms with van der Waals surface area (Å²) in [6, 6.07) is 8.57. The molecule has 1 rings (SSSR count). The van der Waals surface area contributed by atoms with Gasteiger partial charge in [0.2, 0.25) is 0 Å². The third-order valence-electron chi connectivity index (χ3n) is 2.46. The normalized spacial score (nSPS) is 13.4. The van der Waals surface area contributed by atoms with Gasteiger partial charge in [0.25, 0.3) is 0 Å². The molecule has 0 fully saturated rings. The molecule has 0 aliphatic rings. The van der Waals surface area contributed by atoms with Gasteiger partial charge in [-0.15, -0.1) is 0 Å². The van der Waals surface area contributed by atoms with Gasteiger partial charge < -0.3 is 0 Å². The third kappa shape index (κ3) is 4.07. The summed E-state index contributed by atoms with van der Waals surface area (Å²) < 4.78 is 7.42. The first-order chi connectivity index (χ1) is 7.52. The Kier molecular flexibility index (Phi) is 5.79. The van der Waals surface area contributed by atoms with Crippen molar-refractivity contribution in [2.45, 2.75) is 31.8 Å². The molecule has 2 N–H and O–H groups in total. The van der Waals surface area contributed by atoms with Gasteiger partial charge in [0.1, 0.15) is 0 Å².